The van der Waals surface area contributed by atoms with Crippen molar-refractivity contribution in [2.75, 3.05) is 26.7 Å². The van der Waals surface area contributed by atoms with Crippen LogP contribution in [0.15, 0.2) is 24.3 Å². The summed E-state index contributed by atoms with van der Waals surface area (Å²) in [6.07, 6.45) is 2.14. The van der Waals surface area contributed by atoms with E-state index in [1.807, 2.05) is 24.3 Å². The second kappa shape index (κ2) is 9.42. The van der Waals surface area contributed by atoms with E-state index in [9.17, 15) is 9.59 Å². The van der Waals surface area contributed by atoms with Gasteiger partial charge in [-0.15, -0.1) is 0 Å². The summed E-state index contributed by atoms with van der Waals surface area (Å²) in [6.45, 7) is 6.07. The third-order valence-corrected chi connectivity index (χ3v) is 4.60. The molecule has 1 aromatic rings. The lowest BCUT2D eigenvalue weighted by molar-refractivity contribution is -0.122. The van der Waals surface area contributed by atoms with Gasteiger partial charge in [-0.1, -0.05) is 31.5 Å². The van der Waals surface area contributed by atoms with Crippen LogP contribution in [0, 0.1) is 5.92 Å². The monoisotopic (exact) mass is 347 g/mol. The van der Waals surface area contributed by atoms with Crippen LogP contribution in [-0.2, 0) is 16.1 Å². The minimum Gasteiger partial charge on any atom is -0.496 e. The minimum atomic E-state index is -0.00960. The SMILES string of the molecule is CCC[C@H]1CN(CC(=O)NCc2ccccc2OC)C[C@@H]1NC(C)=O. The van der Waals surface area contributed by atoms with Crippen molar-refractivity contribution in [2.24, 2.45) is 5.92 Å². The van der Waals surface area contributed by atoms with Crippen molar-refractivity contribution in [3.05, 3.63) is 29.8 Å². The number of likely N-dealkylation sites (tertiary alicyclic amines) is 1. The summed E-state index contributed by atoms with van der Waals surface area (Å²) in [5, 5.41) is 5.98. The second-order valence-electron chi connectivity index (χ2n) is 6.64. The molecule has 0 bridgehead atoms. The molecule has 2 amide bonds. The van der Waals surface area contributed by atoms with Gasteiger partial charge in [-0.05, 0) is 18.4 Å². The van der Waals surface area contributed by atoms with Gasteiger partial charge in [0.25, 0.3) is 0 Å². The summed E-state index contributed by atoms with van der Waals surface area (Å²) in [4.78, 5) is 25.8. The van der Waals surface area contributed by atoms with Gasteiger partial charge in [0.1, 0.15) is 5.75 Å². The number of ether oxygens (including phenoxy) is 1. The Labute approximate surface area is 149 Å². The number of benzene rings is 1. The summed E-state index contributed by atoms with van der Waals surface area (Å²) in [5.74, 6) is 1.17. The fourth-order valence-electron chi connectivity index (χ4n) is 3.48. The second-order valence-corrected chi connectivity index (χ2v) is 6.64. The molecule has 2 rings (SSSR count). The molecule has 0 saturated carbocycles. The highest BCUT2D eigenvalue weighted by molar-refractivity contribution is 5.78. The molecule has 138 valence electrons. The van der Waals surface area contributed by atoms with Crippen LogP contribution in [0.25, 0.3) is 0 Å². The van der Waals surface area contributed by atoms with Crippen LogP contribution < -0.4 is 15.4 Å². The first kappa shape index (κ1) is 19.2. The summed E-state index contributed by atoms with van der Waals surface area (Å²) < 4.78 is 5.30. The zero-order chi connectivity index (χ0) is 18.2. The molecule has 2 N–H and O–H groups in total. The van der Waals surface area contributed by atoms with Gasteiger partial charge in [0.15, 0.2) is 0 Å². The molecule has 1 aliphatic heterocycles. The molecular formula is C19H29N3O3. The molecule has 25 heavy (non-hydrogen) atoms. The Morgan fingerprint density at radius 3 is 2.72 bits per heavy atom. The summed E-state index contributed by atoms with van der Waals surface area (Å²) in [6, 6.07) is 7.80. The number of nitrogens with one attached hydrogen (secondary N) is 2. The van der Waals surface area contributed by atoms with Crippen molar-refractivity contribution in [2.45, 2.75) is 39.3 Å². The van der Waals surface area contributed by atoms with Gasteiger partial charge < -0.3 is 15.4 Å². The Morgan fingerprint density at radius 2 is 2.04 bits per heavy atom. The third-order valence-electron chi connectivity index (χ3n) is 4.60. The molecule has 1 heterocycles. The van der Waals surface area contributed by atoms with E-state index < -0.39 is 0 Å². The normalized spacial score (nSPS) is 20.3. The largest absolute Gasteiger partial charge is 0.496 e. The molecule has 1 aromatic carbocycles. The van der Waals surface area contributed by atoms with Crippen molar-refractivity contribution in [3.8, 4) is 5.75 Å². The maximum absolute atomic E-state index is 12.3. The van der Waals surface area contributed by atoms with E-state index in [0.717, 1.165) is 37.2 Å². The van der Waals surface area contributed by atoms with E-state index in [4.69, 9.17) is 4.74 Å². The van der Waals surface area contributed by atoms with Gasteiger partial charge in [0.2, 0.25) is 11.8 Å². The number of para-hydroxylation sites is 1. The molecule has 0 spiro atoms. The standard InChI is InChI=1S/C19H29N3O3/c1-4-7-16-11-22(12-17(16)21-14(2)23)13-19(24)20-10-15-8-5-6-9-18(15)25-3/h5-6,8-9,16-17H,4,7,10-13H2,1-3H3,(H,20,24)(H,21,23)/t16-,17-/m0/s1. The van der Waals surface area contributed by atoms with E-state index in [2.05, 4.69) is 22.5 Å². The van der Waals surface area contributed by atoms with Gasteiger partial charge in [0.05, 0.1) is 13.7 Å². The Kier molecular flexibility index (Phi) is 7.25. The summed E-state index contributed by atoms with van der Waals surface area (Å²) >= 11 is 0. The first-order chi connectivity index (χ1) is 12.0. The molecule has 1 aliphatic rings. The van der Waals surface area contributed by atoms with Crippen LogP contribution in [0.4, 0.5) is 0 Å². The number of methoxy groups -OCH3 is 1. The van der Waals surface area contributed by atoms with Gasteiger partial charge in [0, 0.05) is 38.2 Å². The predicted molar refractivity (Wildman–Crippen MR) is 97.3 cm³/mol. The molecule has 0 radical (unpaired) electrons. The minimum absolute atomic E-state index is 0.00595. The average molecular weight is 347 g/mol. The highest BCUT2D eigenvalue weighted by atomic mass is 16.5. The van der Waals surface area contributed by atoms with Gasteiger partial charge in [-0.3, -0.25) is 14.5 Å². The average Bonchev–Trinajstić information content (AvgIpc) is 2.94. The zero-order valence-electron chi connectivity index (χ0n) is 15.4. The van der Waals surface area contributed by atoms with Crippen LogP contribution in [0.5, 0.6) is 5.75 Å². The molecule has 2 atom stereocenters. The third kappa shape index (κ3) is 5.74. The van der Waals surface area contributed by atoms with Crippen LogP contribution in [0.2, 0.25) is 0 Å². The quantitative estimate of drug-likeness (QED) is 0.748. The number of carbonyl (C=O) groups excluding carboxylic acids is 2. The van der Waals surface area contributed by atoms with Crippen molar-refractivity contribution in [1.29, 1.82) is 0 Å². The number of hydrogen-bond donors (Lipinski definition) is 2. The Morgan fingerprint density at radius 1 is 1.28 bits per heavy atom. The number of nitrogens with zero attached hydrogens (tertiary/aromatic N) is 1. The number of rotatable bonds is 8. The molecule has 1 saturated heterocycles. The highest BCUT2D eigenvalue weighted by Gasteiger charge is 2.33. The van der Waals surface area contributed by atoms with Crippen LogP contribution in [-0.4, -0.2) is 49.5 Å². The van der Waals surface area contributed by atoms with Crippen molar-refractivity contribution < 1.29 is 14.3 Å². The smallest absolute Gasteiger partial charge is 0.234 e. The molecular weight excluding hydrogens is 318 g/mol. The van der Waals surface area contributed by atoms with E-state index in [0.29, 0.717) is 19.0 Å². The Bertz CT molecular complexity index is 591. The molecule has 6 nitrogen and oxygen atoms in total. The molecule has 1 fully saturated rings. The maximum atomic E-state index is 12.3. The topological polar surface area (TPSA) is 70.7 Å². The lowest BCUT2D eigenvalue weighted by Crippen LogP contribution is -2.40. The lowest BCUT2D eigenvalue weighted by atomic mass is 9.98. The predicted octanol–water partition coefficient (Wildman–Crippen LogP) is 1.55. The van der Waals surface area contributed by atoms with Gasteiger partial charge in [-0.25, -0.2) is 0 Å². The highest BCUT2D eigenvalue weighted by Crippen LogP contribution is 2.21. The van der Waals surface area contributed by atoms with E-state index in [-0.39, 0.29) is 17.9 Å². The van der Waals surface area contributed by atoms with Gasteiger partial charge in [-0.2, -0.15) is 0 Å². The zero-order valence-corrected chi connectivity index (χ0v) is 15.4. The van der Waals surface area contributed by atoms with Crippen LogP contribution in [0.1, 0.15) is 32.3 Å². The molecule has 0 aromatic heterocycles. The lowest BCUT2D eigenvalue weighted by Gasteiger charge is -2.18. The fourth-order valence-corrected chi connectivity index (χ4v) is 3.48. The molecule has 0 aliphatic carbocycles. The first-order valence-electron chi connectivity index (χ1n) is 8.91. The fraction of sp³-hybridized carbons (Fsp3) is 0.579. The van der Waals surface area contributed by atoms with Crippen LogP contribution in [0.3, 0.4) is 0 Å². The van der Waals surface area contributed by atoms with E-state index in [1.165, 1.54) is 0 Å². The van der Waals surface area contributed by atoms with Crippen molar-refractivity contribution >= 4 is 11.8 Å². The molecule has 6 heteroatoms. The van der Waals surface area contributed by atoms with E-state index in [1.54, 1.807) is 14.0 Å². The summed E-state index contributed by atoms with van der Waals surface area (Å²) in [7, 11) is 1.63. The maximum Gasteiger partial charge on any atom is 0.234 e. The van der Waals surface area contributed by atoms with Crippen molar-refractivity contribution in [3.63, 3.8) is 0 Å². The number of amides is 2. The van der Waals surface area contributed by atoms with Crippen molar-refractivity contribution in [1.82, 2.24) is 15.5 Å². The van der Waals surface area contributed by atoms with Crippen LogP contribution >= 0.6 is 0 Å². The number of hydrogen-bond acceptors (Lipinski definition) is 4. The van der Waals surface area contributed by atoms with Gasteiger partial charge >= 0.3 is 0 Å². The molecule has 0 unspecified atom stereocenters. The number of carbonyl (C=O) groups is 2. The Hall–Kier alpha value is -2.08. The van der Waals surface area contributed by atoms with E-state index >= 15 is 0 Å². The first-order valence-corrected chi connectivity index (χ1v) is 8.91. The summed E-state index contributed by atoms with van der Waals surface area (Å²) in [5.41, 5.74) is 0.958. The Balaban J connectivity index is 1.84.